The molecule has 2 heteroatoms. The van der Waals surface area contributed by atoms with Crippen molar-refractivity contribution in [3.05, 3.63) is 71.4 Å². The largest absolute Gasteiger partial charge is 0.239 e. The summed E-state index contributed by atoms with van der Waals surface area (Å²) in [6.07, 6.45) is 1.10. The van der Waals surface area contributed by atoms with Gasteiger partial charge in [-0.3, -0.25) is 0 Å². The maximum absolute atomic E-state index is 2.46. The highest BCUT2D eigenvalue weighted by molar-refractivity contribution is 5.62. The minimum atomic E-state index is 0.0679. The van der Waals surface area contributed by atoms with Crippen molar-refractivity contribution >= 4 is 0 Å². The normalized spacial score (nSPS) is 20.5. The fraction of sp³-hybridized carbons (Fsp3) is 0.375. The van der Waals surface area contributed by atoms with Crippen molar-refractivity contribution in [3.8, 4) is 16.9 Å². The Morgan fingerprint density at radius 1 is 0.962 bits per heavy atom. The number of para-hydroxylation sites is 1. The van der Waals surface area contributed by atoms with Crippen LogP contribution in [0.2, 0.25) is 0 Å². The minimum Gasteiger partial charge on any atom is -0.124 e. The summed E-state index contributed by atoms with van der Waals surface area (Å²) >= 11 is 0. The van der Waals surface area contributed by atoms with Crippen molar-refractivity contribution in [3.63, 3.8) is 0 Å². The summed E-state index contributed by atoms with van der Waals surface area (Å²) in [4.78, 5) is 0. The summed E-state index contributed by atoms with van der Waals surface area (Å²) in [6.45, 7) is 11.8. The van der Waals surface area contributed by atoms with Gasteiger partial charge in [0.25, 0.3) is 0 Å². The number of hydrogen-bond donors (Lipinski definition) is 0. The molecule has 1 atom stereocenters. The second-order valence-corrected chi connectivity index (χ2v) is 8.40. The highest BCUT2D eigenvalue weighted by atomic mass is 15.4. The molecule has 0 radical (unpaired) electrons. The van der Waals surface area contributed by atoms with Gasteiger partial charge in [-0.1, -0.05) is 64.1 Å². The van der Waals surface area contributed by atoms with Crippen LogP contribution < -0.4 is 4.68 Å². The van der Waals surface area contributed by atoms with Crippen molar-refractivity contribution in [2.75, 3.05) is 0 Å². The van der Waals surface area contributed by atoms with Crippen molar-refractivity contribution < 1.29 is 4.68 Å². The van der Waals surface area contributed by atoms with E-state index in [2.05, 4.69) is 106 Å². The summed E-state index contributed by atoms with van der Waals surface area (Å²) in [5.41, 5.74) is 8.21. The molecule has 0 saturated heterocycles. The second kappa shape index (κ2) is 5.57. The zero-order chi connectivity index (χ0) is 18.7. The Balaban J connectivity index is 2.12. The van der Waals surface area contributed by atoms with Gasteiger partial charge < -0.3 is 0 Å². The molecule has 2 aromatic carbocycles. The lowest BCUT2D eigenvalue weighted by Crippen LogP contribution is -2.52. The van der Waals surface area contributed by atoms with E-state index in [0.29, 0.717) is 0 Å². The van der Waals surface area contributed by atoms with E-state index in [1.165, 1.54) is 33.8 Å². The third kappa shape index (κ3) is 2.02. The van der Waals surface area contributed by atoms with E-state index in [9.17, 15) is 0 Å². The minimum absolute atomic E-state index is 0.0679. The first kappa shape index (κ1) is 17.1. The Morgan fingerprint density at radius 2 is 1.65 bits per heavy atom. The molecule has 4 rings (SSSR count). The third-order valence-corrected chi connectivity index (χ3v) is 6.99. The molecule has 0 aliphatic carbocycles. The predicted octanol–water partition coefficient (Wildman–Crippen LogP) is 5.24. The van der Waals surface area contributed by atoms with Crippen LogP contribution in [-0.2, 0) is 17.9 Å². The zero-order valence-electron chi connectivity index (χ0n) is 16.8. The van der Waals surface area contributed by atoms with E-state index in [1.807, 2.05) is 0 Å². The molecule has 1 aromatic heterocycles. The monoisotopic (exact) mass is 345 g/mol. The maximum Gasteiger partial charge on any atom is 0.239 e. The molecule has 2 heterocycles. The van der Waals surface area contributed by atoms with Crippen molar-refractivity contribution in [2.45, 2.75) is 51.9 Å². The molecule has 0 N–H and O–H groups in total. The molecule has 1 unspecified atom stereocenters. The molecule has 1 aliphatic rings. The number of hydrogen-bond acceptors (Lipinski definition) is 0. The van der Waals surface area contributed by atoms with Gasteiger partial charge in [-0.05, 0) is 36.6 Å². The first-order valence-electron chi connectivity index (χ1n) is 9.61. The Labute approximate surface area is 157 Å². The van der Waals surface area contributed by atoms with Gasteiger partial charge in [0.1, 0.15) is 5.69 Å². The van der Waals surface area contributed by atoms with Gasteiger partial charge in [0.15, 0.2) is 7.05 Å². The van der Waals surface area contributed by atoms with Crippen molar-refractivity contribution in [1.82, 2.24) is 4.68 Å². The second-order valence-electron chi connectivity index (χ2n) is 8.40. The van der Waals surface area contributed by atoms with Crippen molar-refractivity contribution in [2.24, 2.45) is 7.05 Å². The number of rotatable bonds is 2. The maximum atomic E-state index is 2.46. The highest BCUT2D eigenvalue weighted by Gasteiger charge is 2.52. The van der Waals surface area contributed by atoms with Crippen LogP contribution in [0.1, 0.15) is 50.9 Å². The SMILES string of the molecule is CCC1(C)c2cc(-c3ccccc3)[n+](C)n2-c2c(C)cccc2C1(C)C. The van der Waals surface area contributed by atoms with Crippen molar-refractivity contribution in [1.29, 1.82) is 0 Å². The number of fused-ring (bicyclic) bond motifs is 3. The molecule has 2 nitrogen and oxygen atoms in total. The van der Waals surface area contributed by atoms with Crippen LogP contribution >= 0.6 is 0 Å². The van der Waals surface area contributed by atoms with Gasteiger partial charge in [-0.2, -0.15) is 0 Å². The van der Waals surface area contributed by atoms with Gasteiger partial charge in [-0.15, -0.1) is 9.36 Å². The third-order valence-electron chi connectivity index (χ3n) is 6.99. The number of nitrogens with zero attached hydrogens (tertiary/aromatic N) is 2. The van der Waals surface area contributed by atoms with Gasteiger partial charge >= 0.3 is 0 Å². The molecule has 1 aliphatic heterocycles. The van der Waals surface area contributed by atoms with Gasteiger partial charge in [0, 0.05) is 22.5 Å². The molecule has 0 fully saturated rings. The average Bonchev–Trinajstić information content (AvgIpc) is 2.98. The lowest BCUT2D eigenvalue weighted by molar-refractivity contribution is -0.735. The molecule has 0 spiro atoms. The molecular weight excluding hydrogens is 316 g/mol. The van der Waals surface area contributed by atoms with Crippen LogP contribution in [0.5, 0.6) is 0 Å². The molecule has 0 amide bonds. The number of aromatic nitrogens is 2. The Kier molecular flexibility index (Phi) is 3.66. The van der Waals surface area contributed by atoms with Crippen LogP contribution in [-0.4, -0.2) is 4.68 Å². The van der Waals surface area contributed by atoms with E-state index in [0.717, 1.165) is 6.42 Å². The first-order chi connectivity index (χ1) is 12.3. The highest BCUT2D eigenvalue weighted by Crippen LogP contribution is 2.52. The summed E-state index contributed by atoms with van der Waals surface area (Å²) in [7, 11) is 2.19. The number of aryl methyl sites for hydroxylation is 1. The van der Waals surface area contributed by atoms with Crippen LogP contribution in [0.4, 0.5) is 0 Å². The fourth-order valence-corrected chi connectivity index (χ4v) is 4.78. The molecule has 26 heavy (non-hydrogen) atoms. The predicted molar refractivity (Wildman–Crippen MR) is 108 cm³/mol. The van der Waals surface area contributed by atoms with E-state index in [1.54, 1.807) is 0 Å². The van der Waals surface area contributed by atoms with Crippen LogP contribution in [0, 0.1) is 6.92 Å². The Hall–Kier alpha value is -2.35. The molecule has 0 saturated carbocycles. The van der Waals surface area contributed by atoms with Gasteiger partial charge in [-0.25, -0.2) is 0 Å². The lowest BCUT2D eigenvalue weighted by atomic mass is 9.58. The summed E-state index contributed by atoms with van der Waals surface area (Å²) in [5.74, 6) is 0. The van der Waals surface area contributed by atoms with E-state index in [4.69, 9.17) is 0 Å². The molecule has 3 aromatic rings. The van der Waals surface area contributed by atoms with Crippen LogP contribution in [0.15, 0.2) is 54.6 Å². The molecule has 134 valence electrons. The molecule has 0 bridgehead atoms. The summed E-state index contributed by atoms with van der Waals surface area (Å²) < 4.78 is 4.79. The standard InChI is InChI=1S/C24H29N2/c1-7-24(5)21-16-20(18-13-9-8-10-14-18)25(6)26(21)22-17(2)12-11-15-19(22)23(24,3)4/h8-16H,7H2,1-6H3/q+1. The van der Waals surface area contributed by atoms with Gasteiger partial charge in [0.2, 0.25) is 5.69 Å². The van der Waals surface area contributed by atoms with Crippen LogP contribution in [0.3, 0.4) is 0 Å². The van der Waals surface area contributed by atoms with Crippen LogP contribution in [0.25, 0.3) is 16.9 Å². The summed E-state index contributed by atoms with van der Waals surface area (Å²) in [6, 6.07) is 19.9. The van der Waals surface area contributed by atoms with E-state index >= 15 is 0 Å². The Bertz CT molecular complexity index is 979. The summed E-state index contributed by atoms with van der Waals surface area (Å²) in [5, 5.41) is 0. The smallest absolute Gasteiger partial charge is 0.124 e. The zero-order valence-corrected chi connectivity index (χ0v) is 16.8. The number of benzene rings is 2. The molecular formula is C24H29N2+. The average molecular weight is 346 g/mol. The quantitative estimate of drug-likeness (QED) is 0.562. The Morgan fingerprint density at radius 3 is 2.31 bits per heavy atom. The fourth-order valence-electron chi connectivity index (χ4n) is 4.78. The first-order valence-corrected chi connectivity index (χ1v) is 9.61. The topological polar surface area (TPSA) is 8.81 Å². The lowest BCUT2D eigenvalue weighted by Gasteiger charge is -2.47. The van der Waals surface area contributed by atoms with Gasteiger partial charge in [0.05, 0.1) is 5.69 Å². The van der Waals surface area contributed by atoms with E-state index < -0.39 is 0 Å². The van der Waals surface area contributed by atoms with E-state index in [-0.39, 0.29) is 10.8 Å².